The summed E-state index contributed by atoms with van der Waals surface area (Å²) in [5.41, 5.74) is 1.02. The van der Waals surface area contributed by atoms with E-state index >= 15 is 0 Å². The lowest BCUT2D eigenvalue weighted by molar-refractivity contribution is 1.07. The number of nitriles is 1. The summed E-state index contributed by atoms with van der Waals surface area (Å²) >= 11 is 1.56. The van der Waals surface area contributed by atoms with Gasteiger partial charge in [-0.1, -0.05) is 0 Å². The van der Waals surface area contributed by atoms with Crippen molar-refractivity contribution in [3.05, 3.63) is 23.5 Å². The van der Waals surface area contributed by atoms with Crippen LogP contribution in [0.3, 0.4) is 0 Å². The maximum atomic E-state index is 8.46. The van der Waals surface area contributed by atoms with Crippen molar-refractivity contribution in [3.8, 4) is 6.07 Å². The van der Waals surface area contributed by atoms with Gasteiger partial charge in [-0.25, -0.2) is 4.98 Å². The number of rotatable bonds is 1. The van der Waals surface area contributed by atoms with E-state index in [1.807, 2.05) is 16.0 Å². The topological polar surface area (TPSA) is 41.1 Å². The van der Waals surface area contributed by atoms with Crippen molar-refractivity contribution in [1.82, 2.24) is 9.38 Å². The molecule has 0 unspecified atom stereocenters. The Hall–Kier alpha value is -1.34. The molecule has 0 N–H and O–H groups in total. The molecule has 11 heavy (non-hydrogen) atoms. The van der Waals surface area contributed by atoms with Crippen LogP contribution < -0.4 is 0 Å². The summed E-state index contributed by atoms with van der Waals surface area (Å²) in [6.45, 7) is 0. The minimum Gasteiger partial charge on any atom is -0.294 e. The standard InChI is InChI=1S/C7H5N3S/c8-2-1-6-5-11-7-9-3-4-10(6)7/h3-5H,1H2. The van der Waals surface area contributed by atoms with Crippen LogP contribution in [-0.2, 0) is 6.42 Å². The molecule has 2 rings (SSSR count). The predicted octanol–water partition coefficient (Wildman–Crippen LogP) is 1.46. The Morgan fingerprint density at radius 1 is 1.73 bits per heavy atom. The summed E-state index contributed by atoms with van der Waals surface area (Å²) in [5.74, 6) is 0. The lowest BCUT2D eigenvalue weighted by atomic mass is 10.4. The summed E-state index contributed by atoms with van der Waals surface area (Å²) in [6, 6.07) is 2.11. The van der Waals surface area contributed by atoms with E-state index in [2.05, 4.69) is 11.1 Å². The molecule has 0 amide bonds. The van der Waals surface area contributed by atoms with Crippen LogP contribution in [-0.4, -0.2) is 9.38 Å². The van der Waals surface area contributed by atoms with Crippen LogP contribution in [0.1, 0.15) is 5.69 Å². The minimum atomic E-state index is 0.455. The van der Waals surface area contributed by atoms with Crippen molar-refractivity contribution in [3.63, 3.8) is 0 Å². The number of aromatic nitrogens is 2. The molecule has 2 aromatic heterocycles. The van der Waals surface area contributed by atoms with Gasteiger partial charge in [-0.05, 0) is 0 Å². The zero-order valence-electron chi connectivity index (χ0n) is 5.69. The van der Waals surface area contributed by atoms with Crippen LogP contribution in [0.25, 0.3) is 4.96 Å². The maximum Gasteiger partial charge on any atom is 0.193 e. The van der Waals surface area contributed by atoms with Crippen LogP contribution in [0.2, 0.25) is 0 Å². The molecule has 0 saturated heterocycles. The Labute approximate surface area is 67.5 Å². The summed E-state index contributed by atoms with van der Waals surface area (Å²) in [5, 5.41) is 10.4. The molecule has 0 fully saturated rings. The van der Waals surface area contributed by atoms with Crippen molar-refractivity contribution in [2.24, 2.45) is 0 Å². The summed E-state index contributed by atoms with van der Waals surface area (Å²) in [7, 11) is 0. The highest BCUT2D eigenvalue weighted by atomic mass is 32.1. The van der Waals surface area contributed by atoms with E-state index in [4.69, 9.17) is 5.26 Å². The lowest BCUT2D eigenvalue weighted by Crippen LogP contribution is -1.86. The Bertz CT molecular complexity index is 406. The van der Waals surface area contributed by atoms with Gasteiger partial charge in [0.05, 0.1) is 12.5 Å². The average Bonchev–Trinajstić information content (AvgIpc) is 2.53. The van der Waals surface area contributed by atoms with E-state index in [1.165, 1.54) is 0 Å². The number of thiazole rings is 1. The van der Waals surface area contributed by atoms with E-state index < -0.39 is 0 Å². The summed E-state index contributed by atoms with van der Waals surface area (Å²) in [6.07, 6.45) is 4.07. The summed E-state index contributed by atoms with van der Waals surface area (Å²) < 4.78 is 1.94. The number of imidazole rings is 1. The van der Waals surface area contributed by atoms with Gasteiger partial charge < -0.3 is 0 Å². The Morgan fingerprint density at radius 3 is 3.45 bits per heavy atom. The number of hydrogen-bond acceptors (Lipinski definition) is 3. The highest BCUT2D eigenvalue weighted by Crippen LogP contribution is 2.14. The van der Waals surface area contributed by atoms with Crippen molar-refractivity contribution < 1.29 is 0 Å². The zero-order chi connectivity index (χ0) is 7.68. The van der Waals surface area contributed by atoms with Gasteiger partial charge in [0, 0.05) is 23.5 Å². The first-order valence-electron chi connectivity index (χ1n) is 3.18. The molecule has 0 aliphatic heterocycles. The molecule has 0 aliphatic carbocycles. The van der Waals surface area contributed by atoms with Gasteiger partial charge in [-0.2, -0.15) is 5.26 Å². The number of hydrogen-bond donors (Lipinski definition) is 0. The van der Waals surface area contributed by atoms with E-state index in [0.717, 1.165) is 10.7 Å². The van der Waals surface area contributed by atoms with Gasteiger partial charge in [0.15, 0.2) is 4.96 Å². The van der Waals surface area contributed by atoms with Crippen LogP contribution in [0.4, 0.5) is 0 Å². The minimum absolute atomic E-state index is 0.455. The first-order valence-corrected chi connectivity index (χ1v) is 4.06. The molecular formula is C7H5N3S. The third-order valence-electron chi connectivity index (χ3n) is 1.48. The van der Waals surface area contributed by atoms with E-state index in [0.29, 0.717) is 6.42 Å². The first-order chi connectivity index (χ1) is 5.42. The van der Waals surface area contributed by atoms with Gasteiger partial charge in [-0.3, -0.25) is 4.40 Å². The molecule has 2 heterocycles. The first kappa shape index (κ1) is 6.38. The molecule has 2 aromatic rings. The molecule has 0 spiro atoms. The normalized spacial score (nSPS) is 10.1. The molecule has 4 heteroatoms. The van der Waals surface area contributed by atoms with Crippen molar-refractivity contribution in [1.29, 1.82) is 5.26 Å². The second-order valence-corrected chi connectivity index (χ2v) is 2.98. The molecule has 54 valence electrons. The van der Waals surface area contributed by atoms with Gasteiger partial charge in [0.1, 0.15) is 0 Å². The van der Waals surface area contributed by atoms with Crippen molar-refractivity contribution >= 4 is 16.3 Å². The van der Waals surface area contributed by atoms with E-state index in [9.17, 15) is 0 Å². The van der Waals surface area contributed by atoms with Crippen LogP contribution in [0.15, 0.2) is 17.8 Å². The van der Waals surface area contributed by atoms with Gasteiger partial charge in [-0.15, -0.1) is 11.3 Å². The van der Waals surface area contributed by atoms with Crippen LogP contribution in [0, 0.1) is 11.3 Å². The molecule has 0 aromatic carbocycles. The van der Waals surface area contributed by atoms with Crippen molar-refractivity contribution in [2.75, 3.05) is 0 Å². The highest BCUT2D eigenvalue weighted by molar-refractivity contribution is 7.15. The number of fused-ring (bicyclic) bond motifs is 1. The fraction of sp³-hybridized carbons (Fsp3) is 0.143. The monoisotopic (exact) mass is 163 g/mol. The Kier molecular flexibility index (Phi) is 1.37. The van der Waals surface area contributed by atoms with Gasteiger partial charge in [0.2, 0.25) is 0 Å². The second-order valence-electron chi connectivity index (χ2n) is 2.14. The molecular weight excluding hydrogens is 158 g/mol. The van der Waals surface area contributed by atoms with Gasteiger partial charge >= 0.3 is 0 Å². The fourth-order valence-electron chi connectivity index (χ4n) is 0.981. The third kappa shape index (κ3) is 0.900. The lowest BCUT2D eigenvalue weighted by Gasteiger charge is -1.87. The van der Waals surface area contributed by atoms with Crippen molar-refractivity contribution in [2.45, 2.75) is 6.42 Å². The largest absolute Gasteiger partial charge is 0.294 e. The maximum absolute atomic E-state index is 8.46. The SMILES string of the molecule is N#CCc1csc2nccn12. The molecule has 0 bridgehead atoms. The average molecular weight is 163 g/mol. The predicted molar refractivity (Wildman–Crippen MR) is 42.4 cm³/mol. The van der Waals surface area contributed by atoms with E-state index in [1.54, 1.807) is 17.5 Å². The molecule has 0 aliphatic rings. The molecule has 0 atom stereocenters. The fourth-order valence-corrected chi connectivity index (χ4v) is 1.83. The number of nitrogens with zero attached hydrogens (tertiary/aromatic N) is 3. The molecule has 0 saturated carbocycles. The van der Waals surface area contributed by atoms with Gasteiger partial charge in [0.25, 0.3) is 0 Å². The Morgan fingerprint density at radius 2 is 2.64 bits per heavy atom. The molecule has 3 nitrogen and oxygen atoms in total. The van der Waals surface area contributed by atoms with Crippen LogP contribution in [0.5, 0.6) is 0 Å². The third-order valence-corrected chi connectivity index (χ3v) is 2.38. The van der Waals surface area contributed by atoms with Crippen LogP contribution >= 0.6 is 11.3 Å². The summed E-state index contributed by atoms with van der Waals surface area (Å²) in [4.78, 5) is 5.05. The quantitative estimate of drug-likeness (QED) is 0.638. The zero-order valence-corrected chi connectivity index (χ0v) is 6.51. The van der Waals surface area contributed by atoms with E-state index in [-0.39, 0.29) is 0 Å². The second kappa shape index (κ2) is 2.36. The smallest absolute Gasteiger partial charge is 0.193 e. The Balaban J connectivity index is 2.61. The highest BCUT2D eigenvalue weighted by Gasteiger charge is 2.01. The molecule has 0 radical (unpaired) electrons.